The normalized spacial score (nSPS) is 13.9. The Kier molecular flexibility index (Phi) is 8.73. The van der Waals surface area contributed by atoms with Crippen molar-refractivity contribution in [2.75, 3.05) is 46.5 Å². The second-order valence-corrected chi connectivity index (χ2v) is 4.77. The Labute approximate surface area is 95.1 Å². The molecule has 0 aliphatic heterocycles. The molecule has 0 rings (SSSR count). The molecule has 0 aromatic heterocycles. The van der Waals surface area contributed by atoms with Crippen molar-refractivity contribution in [1.82, 2.24) is 9.80 Å². The van der Waals surface area contributed by atoms with Gasteiger partial charge >= 0.3 is 0 Å². The van der Waals surface area contributed by atoms with Crippen LogP contribution in [0.15, 0.2) is 0 Å². The molecule has 1 atom stereocenters. The van der Waals surface area contributed by atoms with Crippen LogP contribution < -0.4 is 0 Å². The third-order valence-corrected chi connectivity index (χ3v) is 2.97. The standard InChI is InChI=1S/C11H26N2S/c1-5-6-11(10-14)9-13(4)8-7-12(2)3/h11,14H,5-10H2,1-4H3. The zero-order chi connectivity index (χ0) is 11.0. The maximum atomic E-state index is 4.40. The first-order valence-corrected chi connectivity index (χ1v) is 6.17. The zero-order valence-corrected chi connectivity index (χ0v) is 11.1. The van der Waals surface area contributed by atoms with E-state index in [1.807, 2.05) is 0 Å². The van der Waals surface area contributed by atoms with Crippen LogP contribution in [0.25, 0.3) is 0 Å². The van der Waals surface area contributed by atoms with Gasteiger partial charge in [-0.2, -0.15) is 12.6 Å². The van der Waals surface area contributed by atoms with Gasteiger partial charge in [0.2, 0.25) is 0 Å². The summed E-state index contributed by atoms with van der Waals surface area (Å²) in [5.74, 6) is 1.77. The SMILES string of the molecule is CCCC(CS)CN(C)CCN(C)C. The third-order valence-electron chi connectivity index (χ3n) is 2.45. The van der Waals surface area contributed by atoms with E-state index in [0.717, 1.165) is 24.8 Å². The van der Waals surface area contributed by atoms with Crippen molar-refractivity contribution < 1.29 is 0 Å². The van der Waals surface area contributed by atoms with E-state index < -0.39 is 0 Å². The van der Waals surface area contributed by atoms with Gasteiger partial charge in [0, 0.05) is 19.6 Å². The molecule has 1 unspecified atom stereocenters. The lowest BCUT2D eigenvalue weighted by Gasteiger charge is -2.23. The van der Waals surface area contributed by atoms with Crippen LogP contribution in [0.4, 0.5) is 0 Å². The highest BCUT2D eigenvalue weighted by Crippen LogP contribution is 2.09. The molecule has 0 radical (unpaired) electrons. The van der Waals surface area contributed by atoms with Crippen LogP contribution in [-0.4, -0.2) is 56.3 Å². The van der Waals surface area contributed by atoms with Crippen LogP contribution in [-0.2, 0) is 0 Å². The van der Waals surface area contributed by atoms with Crippen molar-refractivity contribution in [3.63, 3.8) is 0 Å². The van der Waals surface area contributed by atoms with Crippen LogP contribution in [0.1, 0.15) is 19.8 Å². The molecule has 0 spiro atoms. The van der Waals surface area contributed by atoms with E-state index in [-0.39, 0.29) is 0 Å². The average molecular weight is 218 g/mol. The van der Waals surface area contributed by atoms with E-state index in [9.17, 15) is 0 Å². The molecule has 0 N–H and O–H groups in total. The molecular weight excluding hydrogens is 192 g/mol. The summed E-state index contributed by atoms with van der Waals surface area (Å²) in [4.78, 5) is 4.64. The van der Waals surface area contributed by atoms with Gasteiger partial charge in [-0.05, 0) is 39.2 Å². The number of rotatable bonds is 8. The molecule has 86 valence electrons. The van der Waals surface area contributed by atoms with Crippen molar-refractivity contribution >= 4 is 12.6 Å². The molecular formula is C11H26N2S. The van der Waals surface area contributed by atoms with Crippen molar-refractivity contribution in [1.29, 1.82) is 0 Å². The van der Waals surface area contributed by atoms with Gasteiger partial charge in [0.25, 0.3) is 0 Å². The molecule has 0 saturated carbocycles. The molecule has 0 aliphatic carbocycles. The Balaban J connectivity index is 3.61. The fraction of sp³-hybridized carbons (Fsp3) is 1.00. The second-order valence-electron chi connectivity index (χ2n) is 4.40. The summed E-state index contributed by atoms with van der Waals surface area (Å²) < 4.78 is 0. The van der Waals surface area contributed by atoms with Gasteiger partial charge in [0.1, 0.15) is 0 Å². The van der Waals surface area contributed by atoms with E-state index in [4.69, 9.17) is 0 Å². The van der Waals surface area contributed by atoms with Crippen LogP contribution in [0.2, 0.25) is 0 Å². The highest BCUT2D eigenvalue weighted by Gasteiger charge is 2.08. The summed E-state index contributed by atoms with van der Waals surface area (Å²) in [5.41, 5.74) is 0. The van der Waals surface area contributed by atoms with E-state index in [1.165, 1.54) is 19.4 Å². The zero-order valence-electron chi connectivity index (χ0n) is 10.2. The molecule has 0 amide bonds. The summed E-state index contributed by atoms with van der Waals surface area (Å²) in [7, 11) is 6.45. The lowest BCUT2D eigenvalue weighted by Crippen LogP contribution is -2.32. The monoisotopic (exact) mass is 218 g/mol. The molecule has 0 saturated heterocycles. The van der Waals surface area contributed by atoms with E-state index in [0.29, 0.717) is 0 Å². The van der Waals surface area contributed by atoms with Crippen LogP contribution in [0, 0.1) is 5.92 Å². The van der Waals surface area contributed by atoms with E-state index in [2.05, 4.69) is 50.5 Å². The smallest absolute Gasteiger partial charge is 0.0106 e. The highest BCUT2D eigenvalue weighted by atomic mass is 32.1. The number of hydrogen-bond acceptors (Lipinski definition) is 3. The summed E-state index contributed by atoms with van der Waals surface area (Å²) in [6.45, 7) is 5.73. The molecule has 0 fully saturated rings. The third kappa shape index (κ3) is 7.65. The predicted octanol–water partition coefficient (Wildman–Crippen LogP) is 1.83. The largest absolute Gasteiger partial charge is 0.308 e. The van der Waals surface area contributed by atoms with Gasteiger partial charge < -0.3 is 9.80 Å². The Morgan fingerprint density at radius 3 is 2.21 bits per heavy atom. The van der Waals surface area contributed by atoms with Crippen molar-refractivity contribution in [2.45, 2.75) is 19.8 Å². The fourth-order valence-electron chi connectivity index (χ4n) is 1.55. The molecule has 0 aliphatic rings. The predicted molar refractivity (Wildman–Crippen MR) is 68.3 cm³/mol. The first kappa shape index (κ1) is 14.3. The number of likely N-dealkylation sites (N-methyl/N-ethyl adjacent to an activating group) is 2. The number of thiol groups is 1. The van der Waals surface area contributed by atoms with Gasteiger partial charge in [0.05, 0.1) is 0 Å². The summed E-state index contributed by atoms with van der Waals surface area (Å²) >= 11 is 4.40. The molecule has 3 heteroatoms. The quantitative estimate of drug-likeness (QED) is 0.621. The minimum atomic E-state index is 0.760. The first-order chi connectivity index (χ1) is 6.60. The fourth-order valence-corrected chi connectivity index (χ4v) is 1.85. The minimum absolute atomic E-state index is 0.760. The molecule has 2 nitrogen and oxygen atoms in total. The maximum Gasteiger partial charge on any atom is 0.0106 e. The molecule has 0 aromatic rings. The average Bonchev–Trinajstić information content (AvgIpc) is 2.14. The van der Waals surface area contributed by atoms with E-state index in [1.54, 1.807) is 0 Å². The summed E-state index contributed by atoms with van der Waals surface area (Å²) in [6.07, 6.45) is 2.57. The van der Waals surface area contributed by atoms with Gasteiger partial charge in [-0.15, -0.1) is 0 Å². The van der Waals surface area contributed by atoms with Crippen molar-refractivity contribution in [3.8, 4) is 0 Å². The topological polar surface area (TPSA) is 6.48 Å². The molecule has 14 heavy (non-hydrogen) atoms. The lowest BCUT2D eigenvalue weighted by molar-refractivity contribution is 0.249. The summed E-state index contributed by atoms with van der Waals surface area (Å²) in [5, 5.41) is 0. The van der Waals surface area contributed by atoms with Crippen LogP contribution >= 0.6 is 12.6 Å². The first-order valence-electron chi connectivity index (χ1n) is 5.54. The van der Waals surface area contributed by atoms with Crippen LogP contribution in [0.3, 0.4) is 0 Å². The Bertz CT molecular complexity index is 128. The molecule has 0 aromatic carbocycles. The van der Waals surface area contributed by atoms with Gasteiger partial charge in [-0.1, -0.05) is 13.3 Å². The van der Waals surface area contributed by atoms with Gasteiger partial charge in [0.15, 0.2) is 0 Å². The maximum absolute atomic E-state index is 4.40. The van der Waals surface area contributed by atoms with Crippen LogP contribution in [0.5, 0.6) is 0 Å². The molecule has 0 heterocycles. The Hall–Kier alpha value is 0.270. The number of hydrogen-bond donors (Lipinski definition) is 1. The Morgan fingerprint density at radius 1 is 1.14 bits per heavy atom. The van der Waals surface area contributed by atoms with Crippen molar-refractivity contribution in [3.05, 3.63) is 0 Å². The summed E-state index contributed by atoms with van der Waals surface area (Å²) in [6, 6.07) is 0. The van der Waals surface area contributed by atoms with Gasteiger partial charge in [-0.3, -0.25) is 0 Å². The molecule has 0 bridgehead atoms. The Morgan fingerprint density at radius 2 is 1.79 bits per heavy atom. The minimum Gasteiger partial charge on any atom is -0.308 e. The second kappa shape index (κ2) is 8.57. The van der Waals surface area contributed by atoms with Crippen molar-refractivity contribution in [2.24, 2.45) is 5.92 Å². The highest BCUT2D eigenvalue weighted by molar-refractivity contribution is 7.80. The number of nitrogens with zero attached hydrogens (tertiary/aromatic N) is 2. The van der Waals surface area contributed by atoms with E-state index >= 15 is 0 Å². The van der Waals surface area contributed by atoms with Gasteiger partial charge in [-0.25, -0.2) is 0 Å². The lowest BCUT2D eigenvalue weighted by atomic mass is 10.1.